The molecule has 0 aliphatic heterocycles. The summed E-state index contributed by atoms with van der Waals surface area (Å²) in [7, 11) is 0. The molecule has 0 aromatic heterocycles. The van der Waals surface area contributed by atoms with Crippen LogP contribution < -0.4 is 10.7 Å². The fourth-order valence-corrected chi connectivity index (χ4v) is 1.72. The van der Waals surface area contributed by atoms with Crippen LogP contribution in [-0.2, 0) is 0 Å². The Morgan fingerprint density at radius 3 is 2.48 bits per heavy atom. The summed E-state index contributed by atoms with van der Waals surface area (Å²) in [6, 6.07) is 11.2. The number of nitrogens with one attached hydrogen (secondary N) is 2. The molecule has 0 aliphatic carbocycles. The van der Waals surface area contributed by atoms with Crippen molar-refractivity contribution >= 4 is 29.2 Å². The third-order valence-electron chi connectivity index (χ3n) is 2.63. The number of benzene rings is 2. The number of anilines is 1. The maximum Gasteiger partial charge on any atom is 0.191 e. The second kappa shape index (κ2) is 6.90. The molecular formula is C15H13F2N3S. The summed E-state index contributed by atoms with van der Waals surface area (Å²) in [5.74, 6) is -1.81. The van der Waals surface area contributed by atoms with Gasteiger partial charge in [0.2, 0.25) is 0 Å². The van der Waals surface area contributed by atoms with E-state index in [0.717, 1.165) is 23.4 Å². The summed E-state index contributed by atoms with van der Waals surface area (Å²) in [6.07, 6.45) is 1.35. The fourth-order valence-electron chi connectivity index (χ4n) is 1.55. The molecule has 2 aromatic carbocycles. The zero-order valence-corrected chi connectivity index (χ0v) is 12.0. The SMILES string of the molecule is Cc1ccc(NC(=S)N/N=C/c2ccc(F)c(F)c2)cc1. The van der Waals surface area contributed by atoms with Gasteiger partial charge in [-0.2, -0.15) is 5.10 Å². The van der Waals surface area contributed by atoms with E-state index in [1.807, 2.05) is 31.2 Å². The Bertz CT molecular complexity index is 669. The van der Waals surface area contributed by atoms with E-state index in [2.05, 4.69) is 15.8 Å². The first-order chi connectivity index (χ1) is 10.0. The molecule has 21 heavy (non-hydrogen) atoms. The molecule has 0 bridgehead atoms. The molecule has 0 spiro atoms. The Kier molecular flexibility index (Phi) is 4.94. The second-order valence-electron chi connectivity index (χ2n) is 4.36. The molecule has 0 radical (unpaired) electrons. The lowest BCUT2D eigenvalue weighted by Crippen LogP contribution is -2.23. The van der Waals surface area contributed by atoms with Crippen LogP contribution in [0, 0.1) is 18.6 Å². The second-order valence-corrected chi connectivity index (χ2v) is 4.77. The molecule has 0 atom stereocenters. The van der Waals surface area contributed by atoms with Gasteiger partial charge in [-0.05, 0) is 49.0 Å². The summed E-state index contributed by atoms with van der Waals surface area (Å²) in [4.78, 5) is 0. The van der Waals surface area contributed by atoms with E-state index in [1.54, 1.807) is 0 Å². The molecule has 0 unspecified atom stereocenters. The largest absolute Gasteiger partial charge is 0.331 e. The van der Waals surface area contributed by atoms with Crippen LogP contribution in [0.1, 0.15) is 11.1 Å². The smallest absolute Gasteiger partial charge is 0.191 e. The first-order valence-corrected chi connectivity index (χ1v) is 6.57. The summed E-state index contributed by atoms with van der Waals surface area (Å²) in [6.45, 7) is 1.99. The molecule has 2 rings (SSSR count). The van der Waals surface area contributed by atoms with Gasteiger partial charge >= 0.3 is 0 Å². The van der Waals surface area contributed by atoms with E-state index < -0.39 is 11.6 Å². The Morgan fingerprint density at radius 2 is 1.81 bits per heavy atom. The maximum atomic E-state index is 13.0. The molecule has 0 aliphatic rings. The number of rotatable bonds is 3. The molecular weight excluding hydrogens is 292 g/mol. The Hall–Kier alpha value is -2.34. The van der Waals surface area contributed by atoms with Crippen LogP contribution in [0.4, 0.5) is 14.5 Å². The van der Waals surface area contributed by atoms with E-state index in [4.69, 9.17) is 12.2 Å². The third-order valence-corrected chi connectivity index (χ3v) is 2.83. The average Bonchev–Trinajstić information content (AvgIpc) is 2.45. The van der Waals surface area contributed by atoms with Gasteiger partial charge in [-0.25, -0.2) is 8.78 Å². The molecule has 3 nitrogen and oxygen atoms in total. The highest BCUT2D eigenvalue weighted by Crippen LogP contribution is 2.08. The van der Waals surface area contributed by atoms with Crippen molar-refractivity contribution in [3.05, 3.63) is 65.2 Å². The number of hydrazone groups is 1. The quantitative estimate of drug-likeness (QED) is 0.517. The number of thiocarbonyl (C=S) groups is 1. The van der Waals surface area contributed by atoms with E-state index in [-0.39, 0.29) is 0 Å². The zero-order chi connectivity index (χ0) is 15.2. The summed E-state index contributed by atoms with van der Waals surface area (Å²) in [5.41, 5.74) is 5.02. The van der Waals surface area contributed by atoms with Crippen molar-refractivity contribution in [2.75, 3.05) is 5.32 Å². The molecule has 108 valence electrons. The van der Waals surface area contributed by atoms with Gasteiger partial charge in [0.15, 0.2) is 16.7 Å². The topological polar surface area (TPSA) is 36.4 Å². The number of halogens is 2. The van der Waals surface area contributed by atoms with Gasteiger partial charge in [0.25, 0.3) is 0 Å². The average molecular weight is 305 g/mol. The van der Waals surface area contributed by atoms with Gasteiger partial charge in [0, 0.05) is 5.69 Å². The predicted octanol–water partition coefficient (Wildman–Crippen LogP) is 3.59. The third kappa shape index (κ3) is 4.61. The Balaban J connectivity index is 1.89. The van der Waals surface area contributed by atoms with Crippen molar-refractivity contribution in [3.63, 3.8) is 0 Å². The number of aryl methyl sites for hydroxylation is 1. The summed E-state index contributed by atoms with van der Waals surface area (Å²) < 4.78 is 25.7. The monoisotopic (exact) mass is 305 g/mol. The van der Waals surface area contributed by atoms with E-state index >= 15 is 0 Å². The van der Waals surface area contributed by atoms with Gasteiger partial charge in [0.05, 0.1) is 6.21 Å². The van der Waals surface area contributed by atoms with Gasteiger partial charge in [-0.1, -0.05) is 23.8 Å². The van der Waals surface area contributed by atoms with Crippen LogP contribution >= 0.6 is 12.2 Å². The highest BCUT2D eigenvalue weighted by molar-refractivity contribution is 7.80. The number of hydrogen-bond acceptors (Lipinski definition) is 2. The van der Waals surface area contributed by atoms with Gasteiger partial charge < -0.3 is 5.32 Å². The Morgan fingerprint density at radius 1 is 1.10 bits per heavy atom. The first-order valence-electron chi connectivity index (χ1n) is 6.16. The molecule has 2 aromatic rings. The highest BCUT2D eigenvalue weighted by Gasteiger charge is 2.00. The first kappa shape index (κ1) is 15.1. The highest BCUT2D eigenvalue weighted by atomic mass is 32.1. The standard InChI is InChI=1S/C15H13F2N3S/c1-10-2-5-12(6-3-10)19-15(21)20-18-9-11-4-7-13(16)14(17)8-11/h2-9H,1H3,(H2,19,20,21)/b18-9+. The lowest BCUT2D eigenvalue weighted by molar-refractivity contribution is 0.508. The maximum absolute atomic E-state index is 13.0. The van der Waals surface area contributed by atoms with Crippen molar-refractivity contribution in [1.82, 2.24) is 5.43 Å². The summed E-state index contributed by atoms with van der Waals surface area (Å²) >= 11 is 5.06. The predicted molar refractivity (Wildman–Crippen MR) is 84.5 cm³/mol. The molecule has 0 saturated carbocycles. The van der Waals surface area contributed by atoms with Crippen LogP contribution in [0.5, 0.6) is 0 Å². The van der Waals surface area contributed by atoms with E-state index in [0.29, 0.717) is 10.7 Å². The van der Waals surface area contributed by atoms with Crippen molar-refractivity contribution in [1.29, 1.82) is 0 Å². The molecule has 2 N–H and O–H groups in total. The molecule has 0 amide bonds. The lowest BCUT2D eigenvalue weighted by Gasteiger charge is -2.06. The molecule has 0 heterocycles. The Labute approximate surface area is 126 Å². The normalized spacial score (nSPS) is 10.6. The van der Waals surface area contributed by atoms with Crippen LogP contribution in [0.2, 0.25) is 0 Å². The van der Waals surface area contributed by atoms with Gasteiger partial charge in [-0.3, -0.25) is 5.43 Å². The minimum absolute atomic E-state index is 0.303. The molecule has 6 heteroatoms. The minimum atomic E-state index is -0.917. The van der Waals surface area contributed by atoms with Crippen LogP contribution in [0.25, 0.3) is 0 Å². The van der Waals surface area contributed by atoms with Gasteiger partial charge in [-0.15, -0.1) is 0 Å². The van der Waals surface area contributed by atoms with Crippen molar-refractivity contribution < 1.29 is 8.78 Å². The van der Waals surface area contributed by atoms with Crippen LogP contribution in [0.3, 0.4) is 0 Å². The van der Waals surface area contributed by atoms with Crippen molar-refractivity contribution in [2.24, 2.45) is 5.10 Å². The number of nitrogens with zero attached hydrogens (tertiary/aromatic N) is 1. The zero-order valence-electron chi connectivity index (χ0n) is 11.2. The molecule has 0 saturated heterocycles. The van der Waals surface area contributed by atoms with E-state index in [9.17, 15) is 8.78 Å². The van der Waals surface area contributed by atoms with E-state index in [1.165, 1.54) is 12.3 Å². The van der Waals surface area contributed by atoms with Gasteiger partial charge in [0.1, 0.15) is 0 Å². The number of hydrogen-bond donors (Lipinski definition) is 2. The van der Waals surface area contributed by atoms with Crippen molar-refractivity contribution in [3.8, 4) is 0 Å². The lowest BCUT2D eigenvalue weighted by atomic mass is 10.2. The molecule has 0 fully saturated rings. The van der Waals surface area contributed by atoms with Crippen LogP contribution in [0.15, 0.2) is 47.6 Å². The van der Waals surface area contributed by atoms with Crippen LogP contribution in [-0.4, -0.2) is 11.3 Å². The fraction of sp³-hybridized carbons (Fsp3) is 0.0667. The summed E-state index contributed by atoms with van der Waals surface area (Å²) in [5, 5.41) is 7.11. The minimum Gasteiger partial charge on any atom is -0.331 e. The van der Waals surface area contributed by atoms with Crippen molar-refractivity contribution in [2.45, 2.75) is 6.92 Å².